The Bertz CT molecular complexity index is 207. The average Bonchev–Trinajstić information content (AvgIpc) is 2.54. The van der Waals surface area contributed by atoms with E-state index >= 15 is 0 Å². The fourth-order valence-corrected chi connectivity index (χ4v) is 1.76. The summed E-state index contributed by atoms with van der Waals surface area (Å²) < 4.78 is 5.09. The summed E-state index contributed by atoms with van der Waals surface area (Å²) in [5.74, 6) is -0.202. The fourth-order valence-electron chi connectivity index (χ4n) is 1.76. The molecular weight excluding hydrogens is 154 g/mol. The second-order valence-corrected chi connectivity index (χ2v) is 3.32. The van der Waals surface area contributed by atoms with Crippen molar-refractivity contribution in [2.45, 2.75) is 31.4 Å². The molecule has 0 saturated carbocycles. The third kappa shape index (κ3) is 1.50. The van der Waals surface area contributed by atoms with Crippen molar-refractivity contribution in [3.8, 4) is 0 Å². The topological polar surface area (TPSA) is 38.3 Å². The van der Waals surface area contributed by atoms with E-state index in [-0.39, 0.29) is 12.1 Å². The average molecular weight is 167 g/mol. The van der Waals surface area contributed by atoms with Gasteiger partial charge in [-0.25, -0.2) is 4.79 Å². The molecule has 0 aromatic carbocycles. The van der Waals surface area contributed by atoms with Crippen LogP contribution in [0, 0.1) is 0 Å². The third-order valence-corrected chi connectivity index (χ3v) is 2.42. The van der Waals surface area contributed by atoms with Gasteiger partial charge in [0.25, 0.3) is 0 Å². The van der Waals surface area contributed by atoms with Gasteiger partial charge in [0, 0.05) is 12.1 Å². The molecule has 0 aromatic heterocycles. The Morgan fingerprint density at radius 2 is 2.42 bits per heavy atom. The Labute approximate surface area is 71.8 Å². The van der Waals surface area contributed by atoms with Gasteiger partial charge in [0.05, 0.1) is 0 Å². The van der Waals surface area contributed by atoms with E-state index in [0.29, 0.717) is 6.04 Å². The van der Waals surface area contributed by atoms with Gasteiger partial charge in [-0.15, -0.1) is 0 Å². The molecule has 2 unspecified atom stereocenters. The normalized spacial score (nSPS) is 35.2. The molecule has 0 aliphatic carbocycles. The third-order valence-electron chi connectivity index (χ3n) is 2.42. The van der Waals surface area contributed by atoms with E-state index in [1.807, 2.05) is 6.08 Å². The van der Waals surface area contributed by atoms with Gasteiger partial charge in [-0.3, -0.25) is 0 Å². The van der Waals surface area contributed by atoms with E-state index in [1.165, 1.54) is 18.9 Å². The summed E-state index contributed by atoms with van der Waals surface area (Å²) in [4.78, 5) is 10.8. The molecule has 0 amide bonds. The first-order chi connectivity index (χ1) is 5.86. The Kier molecular flexibility index (Phi) is 2.13. The predicted molar refractivity (Wildman–Crippen MR) is 44.7 cm³/mol. The molecule has 2 aliphatic rings. The lowest BCUT2D eigenvalue weighted by Crippen LogP contribution is -2.42. The van der Waals surface area contributed by atoms with Crippen LogP contribution in [0.1, 0.15) is 19.3 Å². The number of carbonyl (C=O) groups excluding carboxylic acids is 1. The van der Waals surface area contributed by atoms with Crippen molar-refractivity contribution >= 4 is 5.97 Å². The smallest absolute Gasteiger partial charge is 0.331 e. The monoisotopic (exact) mass is 167 g/mol. The molecule has 1 fully saturated rings. The van der Waals surface area contributed by atoms with E-state index in [4.69, 9.17) is 4.74 Å². The molecule has 2 aliphatic heterocycles. The summed E-state index contributed by atoms with van der Waals surface area (Å²) in [6.45, 7) is 1.05. The molecule has 2 rings (SSSR count). The highest BCUT2D eigenvalue weighted by Crippen LogP contribution is 2.17. The number of rotatable bonds is 1. The number of cyclic esters (lactones) is 1. The number of carbonyl (C=O) groups is 1. The van der Waals surface area contributed by atoms with Crippen molar-refractivity contribution in [3.05, 3.63) is 12.2 Å². The van der Waals surface area contributed by atoms with Crippen LogP contribution < -0.4 is 5.32 Å². The van der Waals surface area contributed by atoms with E-state index in [1.54, 1.807) is 0 Å². The van der Waals surface area contributed by atoms with Crippen molar-refractivity contribution < 1.29 is 9.53 Å². The van der Waals surface area contributed by atoms with Crippen LogP contribution in [-0.2, 0) is 9.53 Å². The SMILES string of the molecule is O=C1C=CC(C2CCCCN2)O1. The van der Waals surface area contributed by atoms with Crippen molar-refractivity contribution in [1.82, 2.24) is 5.32 Å². The van der Waals surface area contributed by atoms with E-state index < -0.39 is 0 Å². The molecule has 3 heteroatoms. The number of hydrogen-bond acceptors (Lipinski definition) is 3. The zero-order chi connectivity index (χ0) is 8.39. The Balaban J connectivity index is 1.91. The highest BCUT2D eigenvalue weighted by atomic mass is 16.5. The van der Waals surface area contributed by atoms with Crippen molar-refractivity contribution in [2.75, 3.05) is 6.54 Å². The van der Waals surface area contributed by atoms with E-state index in [2.05, 4.69) is 5.32 Å². The molecule has 2 heterocycles. The highest BCUT2D eigenvalue weighted by molar-refractivity contribution is 5.84. The van der Waals surface area contributed by atoms with Crippen LogP contribution >= 0.6 is 0 Å². The number of hydrogen-bond donors (Lipinski definition) is 1. The Morgan fingerprint density at radius 3 is 3.00 bits per heavy atom. The second kappa shape index (κ2) is 3.27. The van der Waals surface area contributed by atoms with Gasteiger partial charge in [-0.1, -0.05) is 6.42 Å². The quantitative estimate of drug-likeness (QED) is 0.581. The van der Waals surface area contributed by atoms with Gasteiger partial charge >= 0.3 is 5.97 Å². The molecular formula is C9H13NO2. The summed E-state index contributed by atoms with van der Waals surface area (Å²) in [6, 6.07) is 0.349. The number of piperidine rings is 1. The number of ether oxygens (including phenoxy) is 1. The largest absolute Gasteiger partial charge is 0.453 e. The van der Waals surface area contributed by atoms with Gasteiger partial charge in [0.2, 0.25) is 0 Å². The maximum absolute atomic E-state index is 10.8. The van der Waals surface area contributed by atoms with Gasteiger partial charge in [0.1, 0.15) is 6.10 Å². The zero-order valence-corrected chi connectivity index (χ0v) is 6.95. The Morgan fingerprint density at radius 1 is 1.50 bits per heavy atom. The van der Waals surface area contributed by atoms with Crippen LogP contribution in [-0.4, -0.2) is 24.7 Å². The van der Waals surface area contributed by atoms with Gasteiger partial charge in [0.15, 0.2) is 0 Å². The van der Waals surface area contributed by atoms with Crippen LogP contribution in [0.5, 0.6) is 0 Å². The predicted octanol–water partition coefficient (Wildman–Crippen LogP) is 0.610. The molecule has 0 aromatic rings. The first kappa shape index (κ1) is 7.80. The summed E-state index contributed by atoms with van der Waals surface area (Å²) in [6.07, 6.45) is 6.94. The van der Waals surface area contributed by atoms with Crippen LogP contribution in [0.4, 0.5) is 0 Å². The molecule has 3 nitrogen and oxygen atoms in total. The van der Waals surface area contributed by atoms with Gasteiger partial charge in [-0.2, -0.15) is 0 Å². The summed E-state index contributed by atoms with van der Waals surface area (Å²) in [5.41, 5.74) is 0. The van der Waals surface area contributed by atoms with E-state index in [9.17, 15) is 4.79 Å². The Hall–Kier alpha value is -0.830. The van der Waals surface area contributed by atoms with Crippen LogP contribution in [0.2, 0.25) is 0 Å². The summed E-state index contributed by atoms with van der Waals surface area (Å²) in [5, 5.41) is 3.35. The molecule has 0 radical (unpaired) electrons. The maximum Gasteiger partial charge on any atom is 0.331 e. The highest BCUT2D eigenvalue weighted by Gasteiger charge is 2.27. The fraction of sp³-hybridized carbons (Fsp3) is 0.667. The number of nitrogens with one attached hydrogen (secondary N) is 1. The lowest BCUT2D eigenvalue weighted by atomic mass is 10.0. The van der Waals surface area contributed by atoms with Crippen molar-refractivity contribution in [3.63, 3.8) is 0 Å². The summed E-state index contributed by atoms with van der Waals surface area (Å²) in [7, 11) is 0. The van der Waals surface area contributed by atoms with Gasteiger partial charge in [-0.05, 0) is 25.5 Å². The second-order valence-electron chi connectivity index (χ2n) is 3.32. The minimum Gasteiger partial charge on any atom is -0.453 e. The number of esters is 1. The molecule has 1 saturated heterocycles. The summed E-state index contributed by atoms with van der Waals surface area (Å²) >= 11 is 0. The lowest BCUT2D eigenvalue weighted by molar-refractivity contribution is -0.139. The minimum atomic E-state index is -0.202. The van der Waals surface area contributed by atoms with Crippen LogP contribution in [0.3, 0.4) is 0 Å². The van der Waals surface area contributed by atoms with Crippen LogP contribution in [0.25, 0.3) is 0 Å². The van der Waals surface area contributed by atoms with Crippen molar-refractivity contribution in [1.29, 1.82) is 0 Å². The first-order valence-electron chi connectivity index (χ1n) is 4.48. The molecule has 1 N–H and O–H groups in total. The lowest BCUT2D eigenvalue weighted by Gasteiger charge is -2.26. The molecule has 12 heavy (non-hydrogen) atoms. The molecule has 66 valence electrons. The van der Waals surface area contributed by atoms with E-state index in [0.717, 1.165) is 13.0 Å². The standard InChI is InChI=1S/C9H13NO2/c11-9-5-4-8(12-9)7-3-1-2-6-10-7/h4-5,7-8,10H,1-3,6H2. The van der Waals surface area contributed by atoms with Crippen molar-refractivity contribution in [2.24, 2.45) is 0 Å². The first-order valence-corrected chi connectivity index (χ1v) is 4.48. The molecule has 0 bridgehead atoms. The molecule has 2 atom stereocenters. The van der Waals surface area contributed by atoms with Crippen LogP contribution in [0.15, 0.2) is 12.2 Å². The van der Waals surface area contributed by atoms with Gasteiger partial charge < -0.3 is 10.1 Å². The maximum atomic E-state index is 10.8. The molecule has 0 spiro atoms. The zero-order valence-electron chi connectivity index (χ0n) is 6.95. The minimum absolute atomic E-state index is 0.0159.